The van der Waals surface area contributed by atoms with E-state index in [0.29, 0.717) is 18.5 Å². The van der Waals surface area contributed by atoms with Gasteiger partial charge in [0.05, 0.1) is 5.56 Å². The van der Waals surface area contributed by atoms with E-state index < -0.39 is 85.2 Å². The molecule has 0 aromatic heterocycles. The highest BCUT2D eigenvalue weighted by Crippen LogP contribution is 2.56. The van der Waals surface area contributed by atoms with Crippen LogP contribution in [0.4, 0.5) is 35.1 Å². The first-order chi connectivity index (χ1) is 21.6. The fourth-order valence-electron chi connectivity index (χ4n) is 6.74. The summed E-state index contributed by atoms with van der Waals surface area (Å²) in [6, 6.07) is 4.91. The zero-order chi connectivity index (χ0) is 34.4. The van der Waals surface area contributed by atoms with Crippen molar-refractivity contribution in [3.05, 3.63) is 52.1 Å². The van der Waals surface area contributed by atoms with Crippen LogP contribution in [-0.4, -0.2) is 16.4 Å². The highest BCUT2D eigenvalue weighted by molar-refractivity contribution is 6.78. The van der Waals surface area contributed by atoms with Crippen molar-refractivity contribution in [2.24, 2.45) is 0 Å². The van der Waals surface area contributed by atoms with E-state index in [2.05, 4.69) is 20.4 Å². The predicted molar refractivity (Wildman–Crippen MR) is 175 cm³/mol. The maximum absolute atomic E-state index is 16.0. The van der Waals surface area contributed by atoms with Gasteiger partial charge in [0, 0.05) is 24.8 Å². The van der Waals surface area contributed by atoms with Crippen molar-refractivity contribution in [1.82, 2.24) is 0 Å². The summed E-state index contributed by atoms with van der Waals surface area (Å²) in [5.74, 6) is -17.6. The maximum atomic E-state index is 16.0. The molecule has 0 fully saturated rings. The lowest BCUT2D eigenvalue weighted by atomic mass is 10.0. The Kier molecular flexibility index (Phi) is 13.4. The number of benzene rings is 2. The summed E-state index contributed by atoms with van der Waals surface area (Å²) in [6.45, 7) is 12.8. The van der Waals surface area contributed by atoms with Crippen LogP contribution in [0.3, 0.4) is 0 Å². The van der Waals surface area contributed by atoms with E-state index in [1.807, 2.05) is 20.8 Å². The average Bonchev–Trinajstić information content (AvgIpc) is 3.26. The van der Waals surface area contributed by atoms with Crippen molar-refractivity contribution in [2.45, 2.75) is 147 Å². The van der Waals surface area contributed by atoms with Crippen LogP contribution in [0.25, 0.3) is 11.1 Å². The van der Waals surface area contributed by atoms with Gasteiger partial charge in [0.2, 0.25) is 5.82 Å². The van der Waals surface area contributed by atoms with Crippen LogP contribution in [0.2, 0.25) is 42.3 Å². The second kappa shape index (κ2) is 16.0. The first kappa shape index (κ1) is 38.6. The molecule has 2 aromatic rings. The third kappa shape index (κ3) is 7.87. The van der Waals surface area contributed by atoms with Gasteiger partial charge in [-0.3, -0.25) is 0 Å². The SMILES string of the molecule is CCCCCC[Si](CCCCCCCC[Si](C)(CC)CC)(Oc1c(F)c(F)c2c(c1F)C(F)(F)c1cc(F)c(F)c(F)c1-2)C(C)C. The molecule has 0 saturated heterocycles. The zero-order valence-corrected chi connectivity index (χ0v) is 30.2. The minimum atomic E-state index is -4.45. The first-order valence-electron chi connectivity index (χ1n) is 17.1. The van der Waals surface area contributed by atoms with Crippen LogP contribution in [0.5, 0.6) is 5.75 Å². The van der Waals surface area contributed by atoms with Gasteiger partial charge in [-0.25, -0.2) is 22.0 Å². The molecule has 0 bridgehead atoms. The maximum Gasteiger partial charge on any atom is 0.302 e. The Morgan fingerprint density at radius 2 is 1.15 bits per heavy atom. The largest absolute Gasteiger partial charge is 0.539 e. The lowest BCUT2D eigenvalue weighted by molar-refractivity contribution is 0.0428. The van der Waals surface area contributed by atoms with Gasteiger partial charge in [-0.15, -0.1) is 0 Å². The standard InChI is InChI=1S/C35H50F8OSi2/c1-7-10-11-17-20-46(23(4)5,21-18-15-13-12-14-16-19-45(6,8-2)9-3)44-34-32(40)28-27(31(39)33(34)41)26-24(35(28,42)43)22-25(36)29(37)30(26)38/h22-23H,7-21H2,1-6H3. The van der Waals surface area contributed by atoms with Crippen LogP contribution in [0.1, 0.15) is 110 Å². The summed E-state index contributed by atoms with van der Waals surface area (Å²) in [5.41, 5.74) is -6.14. The van der Waals surface area contributed by atoms with Gasteiger partial charge in [0.15, 0.2) is 34.8 Å². The van der Waals surface area contributed by atoms with E-state index in [4.69, 9.17) is 4.43 Å². The molecule has 46 heavy (non-hydrogen) atoms. The molecule has 0 radical (unpaired) electrons. The summed E-state index contributed by atoms with van der Waals surface area (Å²) in [7, 11) is -4.25. The molecule has 1 atom stereocenters. The Labute approximate surface area is 271 Å². The summed E-state index contributed by atoms with van der Waals surface area (Å²) in [4.78, 5) is 0. The minimum absolute atomic E-state index is 0.000130. The van der Waals surface area contributed by atoms with Crippen molar-refractivity contribution >= 4 is 16.4 Å². The fraction of sp³-hybridized carbons (Fsp3) is 0.657. The monoisotopic (exact) mass is 694 g/mol. The molecule has 1 aliphatic rings. The minimum Gasteiger partial charge on any atom is -0.539 e. The first-order valence-corrected chi connectivity index (χ1v) is 22.6. The van der Waals surface area contributed by atoms with Gasteiger partial charge in [0.25, 0.3) is 8.32 Å². The smallest absolute Gasteiger partial charge is 0.302 e. The van der Waals surface area contributed by atoms with E-state index >= 15 is 22.0 Å². The molecule has 0 aliphatic heterocycles. The molecule has 1 aliphatic carbocycles. The van der Waals surface area contributed by atoms with Gasteiger partial charge in [0.1, 0.15) is 0 Å². The lowest BCUT2D eigenvalue weighted by Gasteiger charge is -2.36. The Hall–Kier alpha value is -1.89. The molecular weight excluding hydrogens is 645 g/mol. The number of alkyl halides is 2. The number of unbranched alkanes of at least 4 members (excludes halogenated alkanes) is 8. The summed E-state index contributed by atoms with van der Waals surface area (Å²) in [5, 5.41) is 0. The predicted octanol–water partition coefficient (Wildman–Crippen LogP) is 13.4. The number of hydrogen-bond donors (Lipinski definition) is 0. The Bertz CT molecular complexity index is 1350. The number of rotatable bonds is 19. The van der Waals surface area contributed by atoms with Crippen LogP contribution in [0.15, 0.2) is 6.07 Å². The molecular formula is C35H50F8OSi2. The van der Waals surface area contributed by atoms with Crippen molar-refractivity contribution in [3.63, 3.8) is 0 Å². The molecule has 3 rings (SSSR count). The molecule has 11 heteroatoms. The second-order valence-corrected chi connectivity index (χ2v) is 23.8. The number of halogens is 8. The van der Waals surface area contributed by atoms with Gasteiger partial charge in [-0.05, 0) is 23.7 Å². The summed E-state index contributed by atoms with van der Waals surface area (Å²) < 4.78 is 127. The molecule has 0 N–H and O–H groups in total. The van der Waals surface area contributed by atoms with E-state index in [1.165, 1.54) is 24.6 Å². The molecule has 1 nitrogen and oxygen atoms in total. The van der Waals surface area contributed by atoms with Crippen molar-refractivity contribution < 1.29 is 39.5 Å². The van der Waals surface area contributed by atoms with Gasteiger partial charge in [-0.1, -0.05) is 124 Å². The summed E-state index contributed by atoms with van der Waals surface area (Å²) >= 11 is 0. The molecule has 2 aromatic carbocycles. The van der Waals surface area contributed by atoms with Crippen LogP contribution < -0.4 is 4.43 Å². The van der Waals surface area contributed by atoms with Gasteiger partial charge < -0.3 is 4.43 Å². The normalized spacial score (nSPS) is 15.3. The Balaban J connectivity index is 1.89. The highest BCUT2D eigenvalue weighted by Gasteiger charge is 2.53. The number of fused-ring (bicyclic) bond motifs is 3. The zero-order valence-electron chi connectivity index (χ0n) is 28.2. The number of hydrogen-bond acceptors (Lipinski definition) is 1. The van der Waals surface area contributed by atoms with Crippen LogP contribution in [0, 0.1) is 34.9 Å². The van der Waals surface area contributed by atoms with E-state index in [0.717, 1.165) is 51.4 Å². The molecule has 0 amide bonds. The lowest BCUT2D eigenvalue weighted by Crippen LogP contribution is -2.45. The van der Waals surface area contributed by atoms with Crippen molar-refractivity contribution in [3.8, 4) is 16.9 Å². The quantitative estimate of drug-likeness (QED) is 0.0468. The van der Waals surface area contributed by atoms with Crippen molar-refractivity contribution in [2.75, 3.05) is 0 Å². The topological polar surface area (TPSA) is 9.23 Å². The van der Waals surface area contributed by atoms with Crippen molar-refractivity contribution in [1.29, 1.82) is 0 Å². The molecule has 0 spiro atoms. The third-order valence-electron chi connectivity index (χ3n) is 10.5. The second-order valence-electron chi connectivity index (χ2n) is 13.8. The Morgan fingerprint density at radius 3 is 1.67 bits per heavy atom. The molecule has 0 heterocycles. The van der Waals surface area contributed by atoms with E-state index in [9.17, 15) is 13.2 Å². The van der Waals surface area contributed by atoms with Crippen LogP contribution >= 0.6 is 0 Å². The molecule has 1 unspecified atom stereocenters. The Morgan fingerprint density at radius 1 is 0.652 bits per heavy atom. The third-order valence-corrected chi connectivity index (χ3v) is 20.6. The highest BCUT2D eigenvalue weighted by atomic mass is 28.4. The van der Waals surface area contributed by atoms with Crippen LogP contribution in [-0.2, 0) is 5.92 Å². The average molecular weight is 695 g/mol. The summed E-state index contributed by atoms with van der Waals surface area (Å²) in [6.07, 6.45) is 9.51. The van der Waals surface area contributed by atoms with E-state index in [1.54, 1.807) is 0 Å². The fourth-order valence-corrected chi connectivity index (χ4v) is 13.2. The molecule has 0 saturated carbocycles. The molecule has 260 valence electrons. The van der Waals surface area contributed by atoms with Gasteiger partial charge in [-0.2, -0.15) is 13.2 Å². The van der Waals surface area contributed by atoms with Gasteiger partial charge >= 0.3 is 5.92 Å². The van der Waals surface area contributed by atoms with E-state index in [-0.39, 0.29) is 11.6 Å².